The van der Waals surface area contributed by atoms with Gasteiger partial charge >= 0.3 is 0 Å². The molecule has 0 aliphatic heterocycles. The summed E-state index contributed by atoms with van der Waals surface area (Å²) in [6.45, 7) is 2.09. The third kappa shape index (κ3) is 4.50. The molecule has 1 aromatic rings. The molecule has 0 saturated carbocycles. The molecule has 104 valence electrons. The van der Waals surface area contributed by atoms with Crippen LogP contribution in [0.15, 0.2) is 18.2 Å². The van der Waals surface area contributed by atoms with Crippen molar-refractivity contribution in [3.8, 4) is 0 Å². The van der Waals surface area contributed by atoms with Gasteiger partial charge in [0, 0.05) is 17.6 Å². The van der Waals surface area contributed by atoms with Gasteiger partial charge in [0.05, 0.1) is 11.0 Å². The fourth-order valence-electron chi connectivity index (χ4n) is 1.50. The van der Waals surface area contributed by atoms with Crippen LogP contribution in [0.4, 0.5) is 5.69 Å². The number of aliphatic hydroxyl groups is 1. The van der Waals surface area contributed by atoms with Crippen LogP contribution in [-0.4, -0.2) is 28.6 Å². The first-order chi connectivity index (χ1) is 8.95. The lowest BCUT2D eigenvalue weighted by molar-refractivity contribution is -0.385. The first-order valence-corrected chi connectivity index (χ1v) is 6.23. The summed E-state index contributed by atoms with van der Waals surface area (Å²) in [6.07, 6.45) is 0.515. The lowest BCUT2D eigenvalue weighted by Crippen LogP contribution is -2.27. The Kier molecular flexibility index (Phi) is 5.72. The van der Waals surface area contributed by atoms with E-state index in [1.54, 1.807) is 0 Å². The van der Waals surface area contributed by atoms with Crippen molar-refractivity contribution in [2.24, 2.45) is 0 Å². The van der Waals surface area contributed by atoms with Crippen LogP contribution in [0.25, 0.3) is 0 Å². The van der Waals surface area contributed by atoms with E-state index in [4.69, 9.17) is 11.6 Å². The number of nitro groups is 1. The molecule has 0 spiro atoms. The molecule has 0 radical (unpaired) electrons. The molecule has 0 aliphatic carbocycles. The minimum absolute atomic E-state index is 0.0413. The summed E-state index contributed by atoms with van der Waals surface area (Å²) in [7, 11) is 0. The predicted molar refractivity (Wildman–Crippen MR) is 71.4 cm³/mol. The average molecular weight is 287 g/mol. The van der Waals surface area contributed by atoms with Crippen molar-refractivity contribution >= 4 is 23.2 Å². The van der Waals surface area contributed by atoms with Gasteiger partial charge in [0.1, 0.15) is 5.56 Å². The van der Waals surface area contributed by atoms with E-state index in [2.05, 4.69) is 5.32 Å². The molecule has 0 saturated heterocycles. The van der Waals surface area contributed by atoms with Crippen molar-refractivity contribution in [3.05, 3.63) is 38.9 Å². The summed E-state index contributed by atoms with van der Waals surface area (Å²) in [6, 6.07) is 3.87. The molecule has 19 heavy (non-hydrogen) atoms. The second kappa shape index (κ2) is 7.06. The van der Waals surface area contributed by atoms with Crippen LogP contribution in [-0.2, 0) is 0 Å². The van der Waals surface area contributed by atoms with Crippen LogP contribution >= 0.6 is 11.6 Å². The Morgan fingerprint density at radius 3 is 2.84 bits per heavy atom. The highest BCUT2D eigenvalue weighted by Crippen LogP contribution is 2.23. The first-order valence-electron chi connectivity index (χ1n) is 5.86. The number of carbonyl (C=O) groups is 1. The molecule has 0 aromatic heterocycles. The lowest BCUT2D eigenvalue weighted by atomic mass is 10.1. The summed E-state index contributed by atoms with van der Waals surface area (Å²) in [4.78, 5) is 22.0. The van der Waals surface area contributed by atoms with Gasteiger partial charge in [-0.25, -0.2) is 0 Å². The zero-order chi connectivity index (χ0) is 14.4. The van der Waals surface area contributed by atoms with Crippen LogP contribution in [0.1, 0.15) is 30.1 Å². The number of rotatable bonds is 6. The molecule has 0 aliphatic rings. The van der Waals surface area contributed by atoms with Gasteiger partial charge in [0.25, 0.3) is 11.6 Å². The van der Waals surface area contributed by atoms with Gasteiger partial charge in [0.2, 0.25) is 0 Å². The maximum absolute atomic E-state index is 11.8. The minimum atomic E-state index is -0.651. The number of benzene rings is 1. The molecule has 6 nitrogen and oxygen atoms in total. The van der Waals surface area contributed by atoms with Crippen LogP contribution in [0.2, 0.25) is 5.02 Å². The zero-order valence-electron chi connectivity index (χ0n) is 10.4. The molecular formula is C12H15ClN2O4. The molecule has 1 atom stereocenters. The third-order valence-corrected chi connectivity index (χ3v) is 2.87. The Morgan fingerprint density at radius 2 is 2.26 bits per heavy atom. The van der Waals surface area contributed by atoms with Crippen molar-refractivity contribution in [3.63, 3.8) is 0 Å². The molecule has 1 aromatic carbocycles. The van der Waals surface area contributed by atoms with Crippen molar-refractivity contribution in [2.75, 3.05) is 6.54 Å². The highest BCUT2D eigenvalue weighted by atomic mass is 35.5. The summed E-state index contributed by atoms with van der Waals surface area (Å²) in [5.41, 5.74) is -0.374. The van der Waals surface area contributed by atoms with E-state index in [0.717, 1.165) is 6.07 Å². The SMILES string of the molecule is CCC(O)CCNC(=O)c1ccc(Cl)cc1[N+](=O)[O-]. The largest absolute Gasteiger partial charge is 0.393 e. The maximum atomic E-state index is 11.8. The summed E-state index contributed by atoms with van der Waals surface area (Å²) >= 11 is 5.66. The number of carbonyl (C=O) groups excluding carboxylic acids is 1. The van der Waals surface area contributed by atoms with E-state index in [0.29, 0.717) is 12.8 Å². The van der Waals surface area contributed by atoms with E-state index in [9.17, 15) is 20.0 Å². The molecule has 1 amide bonds. The Labute approximate surface area is 115 Å². The molecule has 0 heterocycles. The number of nitro benzene ring substituents is 1. The van der Waals surface area contributed by atoms with Crippen molar-refractivity contribution in [1.82, 2.24) is 5.32 Å². The second-order valence-corrected chi connectivity index (χ2v) is 4.46. The molecule has 0 bridgehead atoms. The smallest absolute Gasteiger partial charge is 0.283 e. The van der Waals surface area contributed by atoms with E-state index >= 15 is 0 Å². The highest BCUT2D eigenvalue weighted by Gasteiger charge is 2.20. The molecule has 1 rings (SSSR count). The van der Waals surface area contributed by atoms with E-state index in [1.165, 1.54) is 12.1 Å². The second-order valence-electron chi connectivity index (χ2n) is 4.03. The van der Waals surface area contributed by atoms with Crippen LogP contribution < -0.4 is 5.32 Å². The monoisotopic (exact) mass is 286 g/mol. The number of amides is 1. The average Bonchev–Trinajstić information content (AvgIpc) is 2.38. The van der Waals surface area contributed by atoms with Gasteiger partial charge in [0.15, 0.2) is 0 Å². The number of hydrogen-bond acceptors (Lipinski definition) is 4. The molecular weight excluding hydrogens is 272 g/mol. The van der Waals surface area contributed by atoms with Crippen LogP contribution in [0.5, 0.6) is 0 Å². The zero-order valence-corrected chi connectivity index (χ0v) is 11.2. The fraction of sp³-hybridized carbons (Fsp3) is 0.417. The molecule has 7 heteroatoms. The normalized spacial score (nSPS) is 11.9. The summed E-state index contributed by atoms with van der Waals surface area (Å²) in [5, 5.41) is 22.9. The van der Waals surface area contributed by atoms with Gasteiger partial charge < -0.3 is 10.4 Å². The van der Waals surface area contributed by atoms with Gasteiger partial charge in [-0.05, 0) is 25.0 Å². The topological polar surface area (TPSA) is 92.5 Å². The van der Waals surface area contributed by atoms with Crippen molar-refractivity contribution in [1.29, 1.82) is 0 Å². The van der Waals surface area contributed by atoms with Gasteiger partial charge in [-0.1, -0.05) is 18.5 Å². The van der Waals surface area contributed by atoms with Gasteiger partial charge in [-0.3, -0.25) is 14.9 Å². The Morgan fingerprint density at radius 1 is 1.58 bits per heavy atom. The number of nitrogens with zero attached hydrogens (tertiary/aromatic N) is 1. The maximum Gasteiger partial charge on any atom is 0.283 e. The van der Waals surface area contributed by atoms with Crippen LogP contribution in [0, 0.1) is 10.1 Å². The highest BCUT2D eigenvalue weighted by molar-refractivity contribution is 6.31. The Balaban J connectivity index is 2.74. The van der Waals surface area contributed by atoms with E-state index in [-0.39, 0.29) is 22.8 Å². The summed E-state index contributed by atoms with van der Waals surface area (Å²) in [5.74, 6) is -0.549. The van der Waals surface area contributed by atoms with Crippen LogP contribution in [0.3, 0.4) is 0 Å². The molecule has 0 fully saturated rings. The van der Waals surface area contributed by atoms with Gasteiger partial charge in [-0.15, -0.1) is 0 Å². The minimum Gasteiger partial charge on any atom is -0.393 e. The predicted octanol–water partition coefficient (Wildman–Crippen LogP) is 2.14. The molecule has 1 unspecified atom stereocenters. The third-order valence-electron chi connectivity index (χ3n) is 2.64. The van der Waals surface area contributed by atoms with Crippen molar-refractivity contribution in [2.45, 2.75) is 25.9 Å². The number of halogens is 1. The number of hydrogen-bond donors (Lipinski definition) is 2. The fourth-order valence-corrected chi connectivity index (χ4v) is 1.67. The number of aliphatic hydroxyl groups excluding tert-OH is 1. The van der Waals surface area contributed by atoms with E-state index < -0.39 is 16.9 Å². The van der Waals surface area contributed by atoms with Crippen molar-refractivity contribution < 1.29 is 14.8 Å². The first kappa shape index (κ1) is 15.4. The quantitative estimate of drug-likeness (QED) is 0.619. The molecule has 2 N–H and O–H groups in total. The van der Waals surface area contributed by atoms with E-state index in [1.807, 2.05) is 6.92 Å². The standard InChI is InChI=1S/C12H15ClN2O4/c1-2-9(16)5-6-14-12(17)10-4-3-8(13)7-11(10)15(18)19/h3-4,7,9,16H,2,5-6H2,1H3,(H,14,17). The lowest BCUT2D eigenvalue weighted by Gasteiger charge is -2.09. The number of nitrogens with one attached hydrogen (secondary N) is 1. The Hall–Kier alpha value is -1.66. The Bertz CT molecular complexity index is 479. The summed E-state index contributed by atoms with van der Waals surface area (Å²) < 4.78 is 0. The van der Waals surface area contributed by atoms with Gasteiger partial charge in [-0.2, -0.15) is 0 Å².